The maximum absolute atomic E-state index is 11.5. The average Bonchev–Trinajstić information content (AvgIpc) is 2.71. The molecule has 0 N–H and O–H groups in total. The van der Waals surface area contributed by atoms with Crippen molar-refractivity contribution in [3.05, 3.63) is 29.8 Å². The lowest BCUT2D eigenvalue weighted by molar-refractivity contribution is -0.107. The number of hydrogen-bond donors (Lipinski definition) is 0. The third-order valence-electron chi connectivity index (χ3n) is 6.09. The fraction of sp³-hybridized carbons (Fsp3) is 0.682. The second kappa shape index (κ2) is 10.1. The maximum Gasteiger partial charge on any atom is 0.214 e. The molecular formula is C22H35N3O. The predicted octanol–water partition coefficient (Wildman–Crippen LogP) is 3.55. The Morgan fingerprint density at radius 2 is 1.73 bits per heavy atom. The molecule has 0 unspecified atom stereocenters. The molecule has 26 heavy (non-hydrogen) atoms. The van der Waals surface area contributed by atoms with Crippen LogP contribution in [0.2, 0.25) is 0 Å². The molecule has 1 saturated heterocycles. The molecule has 0 spiro atoms. The lowest BCUT2D eigenvalue weighted by atomic mass is 9.94. The van der Waals surface area contributed by atoms with E-state index in [-0.39, 0.29) is 0 Å². The summed E-state index contributed by atoms with van der Waals surface area (Å²) in [4.78, 5) is 18.6. The molecule has 1 aliphatic heterocycles. The van der Waals surface area contributed by atoms with Crippen LogP contribution in [0, 0.1) is 0 Å². The third-order valence-corrected chi connectivity index (χ3v) is 6.09. The molecule has 0 aromatic heterocycles. The van der Waals surface area contributed by atoms with Crippen molar-refractivity contribution < 1.29 is 4.79 Å². The van der Waals surface area contributed by atoms with Gasteiger partial charge in [0.05, 0.1) is 0 Å². The Kier molecular flexibility index (Phi) is 7.51. The van der Waals surface area contributed by atoms with Gasteiger partial charge in [0, 0.05) is 51.0 Å². The van der Waals surface area contributed by atoms with Crippen LogP contribution in [0.5, 0.6) is 0 Å². The Hall–Kier alpha value is -1.39. The van der Waals surface area contributed by atoms with Gasteiger partial charge in [-0.05, 0) is 37.0 Å². The van der Waals surface area contributed by atoms with E-state index in [1.807, 2.05) is 4.90 Å². The molecule has 0 atom stereocenters. The Bertz CT molecular complexity index is 531. The first kappa shape index (κ1) is 19.4. The van der Waals surface area contributed by atoms with E-state index in [9.17, 15) is 4.79 Å². The molecule has 1 aromatic carbocycles. The van der Waals surface area contributed by atoms with Crippen LogP contribution in [0.4, 0.5) is 5.69 Å². The van der Waals surface area contributed by atoms with Gasteiger partial charge in [0.15, 0.2) is 0 Å². The number of aryl methyl sites for hydroxylation is 1. The first-order valence-corrected chi connectivity index (χ1v) is 10.6. The number of piperazine rings is 1. The van der Waals surface area contributed by atoms with E-state index in [1.54, 1.807) is 0 Å². The number of amides is 1. The van der Waals surface area contributed by atoms with E-state index in [0.29, 0.717) is 0 Å². The largest absolute Gasteiger partial charge is 0.314 e. The van der Waals surface area contributed by atoms with Gasteiger partial charge in [-0.15, -0.1) is 0 Å². The van der Waals surface area contributed by atoms with Gasteiger partial charge < -0.3 is 4.90 Å². The summed E-state index contributed by atoms with van der Waals surface area (Å²) in [5, 5.41) is 0. The molecule has 2 fully saturated rings. The molecule has 1 heterocycles. The molecule has 1 aromatic rings. The van der Waals surface area contributed by atoms with E-state index in [1.165, 1.54) is 50.8 Å². The highest BCUT2D eigenvalue weighted by molar-refractivity contribution is 5.75. The van der Waals surface area contributed by atoms with Gasteiger partial charge in [0.25, 0.3) is 0 Å². The quantitative estimate of drug-likeness (QED) is 0.666. The Morgan fingerprint density at radius 1 is 1.04 bits per heavy atom. The van der Waals surface area contributed by atoms with Crippen LogP contribution < -0.4 is 4.90 Å². The van der Waals surface area contributed by atoms with Crippen molar-refractivity contribution in [1.29, 1.82) is 0 Å². The van der Waals surface area contributed by atoms with Gasteiger partial charge in [-0.1, -0.05) is 44.7 Å². The minimum atomic E-state index is 0.778. The summed E-state index contributed by atoms with van der Waals surface area (Å²) in [6, 6.07) is 9.30. The lowest BCUT2D eigenvalue weighted by Gasteiger charge is -2.41. The number of anilines is 1. The summed E-state index contributed by atoms with van der Waals surface area (Å²) in [6.45, 7) is 8.60. The van der Waals surface area contributed by atoms with Crippen LogP contribution in [0.15, 0.2) is 24.3 Å². The van der Waals surface area contributed by atoms with Gasteiger partial charge in [-0.2, -0.15) is 0 Å². The zero-order valence-electron chi connectivity index (χ0n) is 16.4. The zero-order chi connectivity index (χ0) is 18.2. The topological polar surface area (TPSA) is 26.8 Å². The molecule has 4 heteroatoms. The van der Waals surface area contributed by atoms with Gasteiger partial charge >= 0.3 is 0 Å². The summed E-state index contributed by atoms with van der Waals surface area (Å²) in [5.74, 6) is 0. The standard InChI is InChI=1S/C22H35N3O/c1-2-6-20-9-11-22(12-10-20)25(19-26)18-15-23-13-16-24(17-14-23)21-7-4-3-5-8-21/h9-12,19,21H,2-8,13-18H2,1H3. The van der Waals surface area contributed by atoms with Crippen molar-refractivity contribution in [2.45, 2.75) is 57.9 Å². The molecule has 144 valence electrons. The highest BCUT2D eigenvalue weighted by atomic mass is 16.1. The van der Waals surface area contributed by atoms with Gasteiger partial charge in [-0.25, -0.2) is 0 Å². The van der Waals surface area contributed by atoms with Crippen molar-refractivity contribution in [3.8, 4) is 0 Å². The van der Waals surface area contributed by atoms with Crippen molar-refractivity contribution in [3.63, 3.8) is 0 Å². The maximum atomic E-state index is 11.5. The van der Waals surface area contributed by atoms with Gasteiger partial charge in [-0.3, -0.25) is 14.6 Å². The first-order valence-electron chi connectivity index (χ1n) is 10.6. The highest BCUT2D eigenvalue weighted by Crippen LogP contribution is 2.23. The fourth-order valence-corrected chi connectivity index (χ4v) is 4.43. The number of benzene rings is 1. The zero-order valence-corrected chi connectivity index (χ0v) is 16.4. The SMILES string of the molecule is CCCc1ccc(N(C=O)CCN2CCN(C3CCCCC3)CC2)cc1. The average molecular weight is 358 g/mol. The number of nitrogens with zero attached hydrogens (tertiary/aromatic N) is 3. The monoisotopic (exact) mass is 357 g/mol. The smallest absolute Gasteiger partial charge is 0.214 e. The molecule has 1 aliphatic carbocycles. The lowest BCUT2D eigenvalue weighted by Crippen LogP contribution is -2.52. The predicted molar refractivity (Wildman–Crippen MR) is 109 cm³/mol. The second-order valence-electron chi connectivity index (χ2n) is 7.88. The summed E-state index contributed by atoms with van der Waals surface area (Å²) >= 11 is 0. The van der Waals surface area contributed by atoms with E-state index < -0.39 is 0 Å². The molecule has 2 aliphatic rings. The van der Waals surface area contributed by atoms with Crippen LogP contribution in [0.1, 0.15) is 51.0 Å². The molecule has 3 rings (SSSR count). The Morgan fingerprint density at radius 3 is 2.35 bits per heavy atom. The van der Waals surface area contributed by atoms with Crippen molar-refractivity contribution >= 4 is 12.1 Å². The van der Waals surface area contributed by atoms with Crippen LogP contribution in [-0.4, -0.2) is 61.5 Å². The number of carbonyl (C=O) groups is 1. The molecule has 0 bridgehead atoms. The van der Waals surface area contributed by atoms with Gasteiger partial charge in [0.1, 0.15) is 0 Å². The minimum absolute atomic E-state index is 0.778. The normalized spacial score (nSPS) is 20.2. The van der Waals surface area contributed by atoms with Crippen LogP contribution >= 0.6 is 0 Å². The molecule has 1 amide bonds. The van der Waals surface area contributed by atoms with Crippen molar-refractivity contribution in [2.24, 2.45) is 0 Å². The minimum Gasteiger partial charge on any atom is -0.314 e. The number of hydrogen-bond acceptors (Lipinski definition) is 3. The van der Waals surface area contributed by atoms with Gasteiger partial charge in [0.2, 0.25) is 6.41 Å². The Balaban J connectivity index is 1.43. The Labute approximate surface area is 159 Å². The summed E-state index contributed by atoms with van der Waals surface area (Å²) in [5.41, 5.74) is 2.36. The van der Waals surface area contributed by atoms with E-state index in [2.05, 4.69) is 41.0 Å². The summed E-state index contributed by atoms with van der Waals surface area (Å²) in [7, 11) is 0. The fourth-order valence-electron chi connectivity index (χ4n) is 4.43. The molecular weight excluding hydrogens is 322 g/mol. The van der Waals surface area contributed by atoms with E-state index in [0.717, 1.165) is 57.2 Å². The summed E-state index contributed by atoms with van der Waals surface area (Å²) in [6.07, 6.45) is 10.3. The molecule has 4 nitrogen and oxygen atoms in total. The van der Waals surface area contributed by atoms with E-state index in [4.69, 9.17) is 0 Å². The van der Waals surface area contributed by atoms with Crippen molar-refractivity contribution in [2.75, 3.05) is 44.2 Å². The molecule has 1 saturated carbocycles. The van der Waals surface area contributed by atoms with Crippen LogP contribution in [-0.2, 0) is 11.2 Å². The van der Waals surface area contributed by atoms with Crippen LogP contribution in [0.25, 0.3) is 0 Å². The number of rotatable bonds is 8. The first-order chi connectivity index (χ1) is 12.8. The third kappa shape index (κ3) is 5.31. The number of carbonyl (C=O) groups excluding carboxylic acids is 1. The van der Waals surface area contributed by atoms with Crippen LogP contribution in [0.3, 0.4) is 0 Å². The van der Waals surface area contributed by atoms with Crippen molar-refractivity contribution in [1.82, 2.24) is 9.80 Å². The molecule has 0 radical (unpaired) electrons. The second-order valence-corrected chi connectivity index (χ2v) is 7.88. The van der Waals surface area contributed by atoms with E-state index >= 15 is 0 Å². The summed E-state index contributed by atoms with van der Waals surface area (Å²) < 4.78 is 0. The highest BCUT2D eigenvalue weighted by Gasteiger charge is 2.25.